The summed E-state index contributed by atoms with van der Waals surface area (Å²) in [5, 5.41) is 2.97. The molecule has 1 aliphatic rings. The van der Waals surface area contributed by atoms with E-state index in [9.17, 15) is 22.4 Å². The van der Waals surface area contributed by atoms with E-state index in [4.69, 9.17) is 4.74 Å². The van der Waals surface area contributed by atoms with Crippen molar-refractivity contribution in [2.45, 2.75) is 38.3 Å². The van der Waals surface area contributed by atoms with E-state index in [-0.39, 0.29) is 42.1 Å². The Morgan fingerprint density at radius 1 is 1.31 bits per heavy atom. The number of halogens is 4. The number of rotatable bonds is 6. The van der Waals surface area contributed by atoms with Gasteiger partial charge in [0, 0.05) is 32.5 Å². The van der Waals surface area contributed by atoms with Crippen molar-refractivity contribution in [3.63, 3.8) is 0 Å². The average molecular weight is 507 g/mol. The minimum Gasteiger partial charge on any atom is -0.372 e. The van der Waals surface area contributed by atoms with E-state index in [2.05, 4.69) is 31.8 Å². The molecule has 2 aromatic rings. The Morgan fingerprint density at radius 2 is 2.06 bits per heavy atom. The fraction of sp³-hybridized carbons (Fsp3) is 0.375. The first-order valence-electron chi connectivity index (χ1n) is 11.1. The van der Waals surface area contributed by atoms with Crippen LogP contribution in [0.2, 0.25) is 0 Å². The molecule has 192 valence electrons. The summed E-state index contributed by atoms with van der Waals surface area (Å²) in [4.78, 5) is 31.2. The Morgan fingerprint density at radius 3 is 2.67 bits per heavy atom. The van der Waals surface area contributed by atoms with Crippen LogP contribution in [0.4, 0.5) is 23.4 Å². The topological polar surface area (TPSA) is 92.1 Å². The Balaban J connectivity index is 1.89. The summed E-state index contributed by atoms with van der Waals surface area (Å²) in [7, 11) is 1.46. The highest BCUT2D eigenvalue weighted by Crippen LogP contribution is 2.29. The van der Waals surface area contributed by atoms with Crippen molar-refractivity contribution >= 4 is 23.8 Å². The van der Waals surface area contributed by atoms with Gasteiger partial charge in [-0.15, -0.1) is 0 Å². The summed E-state index contributed by atoms with van der Waals surface area (Å²) in [5.74, 6) is -0.842. The molecule has 3 unspecified atom stereocenters. The number of anilines is 1. The van der Waals surface area contributed by atoms with Gasteiger partial charge in [-0.25, -0.2) is 19.4 Å². The fourth-order valence-corrected chi connectivity index (χ4v) is 3.84. The van der Waals surface area contributed by atoms with E-state index in [1.165, 1.54) is 25.4 Å². The Hall–Kier alpha value is -3.67. The largest absolute Gasteiger partial charge is 0.417 e. The van der Waals surface area contributed by atoms with E-state index < -0.39 is 35.6 Å². The van der Waals surface area contributed by atoms with Gasteiger partial charge in [-0.2, -0.15) is 13.2 Å². The fourth-order valence-electron chi connectivity index (χ4n) is 3.84. The van der Waals surface area contributed by atoms with Gasteiger partial charge in [0.05, 0.1) is 35.6 Å². The van der Waals surface area contributed by atoms with E-state index in [0.29, 0.717) is 0 Å². The van der Waals surface area contributed by atoms with Crippen molar-refractivity contribution in [2.75, 3.05) is 25.5 Å². The smallest absolute Gasteiger partial charge is 0.372 e. The molecule has 3 heterocycles. The molecule has 1 fully saturated rings. The lowest BCUT2D eigenvalue weighted by atomic mass is 10.0. The van der Waals surface area contributed by atoms with Crippen LogP contribution >= 0.6 is 0 Å². The predicted octanol–water partition coefficient (Wildman–Crippen LogP) is 4.00. The van der Waals surface area contributed by atoms with Crippen LogP contribution < -0.4 is 5.32 Å². The van der Waals surface area contributed by atoms with Crippen LogP contribution in [-0.2, 0) is 10.9 Å². The molecule has 12 heteroatoms. The summed E-state index contributed by atoms with van der Waals surface area (Å²) >= 11 is 0. The van der Waals surface area contributed by atoms with Crippen LogP contribution in [0.3, 0.4) is 0 Å². The minimum absolute atomic E-state index is 0.0443. The molecule has 1 amide bonds. The zero-order chi connectivity index (χ0) is 26.5. The van der Waals surface area contributed by atoms with Gasteiger partial charge in [-0.05, 0) is 32.0 Å². The van der Waals surface area contributed by atoms with Gasteiger partial charge in [-0.3, -0.25) is 9.79 Å². The molecular formula is C24H26F4N6O2. The average Bonchev–Trinajstić information content (AvgIpc) is 2.83. The molecule has 2 aromatic heterocycles. The first kappa shape index (κ1) is 26.9. The van der Waals surface area contributed by atoms with Crippen LogP contribution in [0.1, 0.15) is 35.5 Å². The Bertz CT molecular complexity index is 1150. The second-order valence-electron chi connectivity index (χ2n) is 8.10. The van der Waals surface area contributed by atoms with Crippen LogP contribution in [-0.4, -0.2) is 71.2 Å². The number of amidine groups is 1. The van der Waals surface area contributed by atoms with Gasteiger partial charge in [0.1, 0.15) is 17.3 Å². The van der Waals surface area contributed by atoms with Crippen molar-refractivity contribution in [2.24, 2.45) is 9.98 Å². The molecule has 0 bridgehead atoms. The second-order valence-corrected chi connectivity index (χ2v) is 8.10. The molecule has 0 aromatic carbocycles. The van der Waals surface area contributed by atoms with Crippen LogP contribution in [0.15, 0.2) is 53.2 Å². The van der Waals surface area contributed by atoms with Crippen LogP contribution in [0, 0.1) is 5.82 Å². The van der Waals surface area contributed by atoms with Crippen molar-refractivity contribution in [3.8, 4) is 0 Å². The number of allylic oxidation sites excluding steroid dienone is 1. The lowest BCUT2D eigenvalue weighted by Gasteiger charge is -2.43. The Kier molecular flexibility index (Phi) is 8.51. The van der Waals surface area contributed by atoms with Crippen molar-refractivity contribution in [3.05, 3.63) is 65.9 Å². The molecule has 1 saturated heterocycles. The van der Waals surface area contributed by atoms with Gasteiger partial charge in [0.25, 0.3) is 5.91 Å². The summed E-state index contributed by atoms with van der Waals surface area (Å²) in [6.07, 6.45) is -0.766. The maximum Gasteiger partial charge on any atom is 0.417 e. The quantitative estimate of drug-likeness (QED) is 0.363. The Labute approximate surface area is 205 Å². The first-order valence-corrected chi connectivity index (χ1v) is 11.1. The molecule has 36 heavy (non-hydrogen) atoms. The molecular weight excluding hydrogens is 480 g/mol. The first-order chi connectivity index (χ1) is 17.0. The lowest BCUT2D eigenvalue weighted by molar-refractivity contribution is -0.137. The number of hydrogen-bond donors (Lipinski definition) is 1. The van der Waals surface area contributed by atoms with Crippen molar-refractivity contribution in [1.82, 2.24) is 14.9 Å². The van der Waals surface area contributed by atoms with Gasteiger partial charge < -0.3 is 15.0 Å². The van der Waals surface area contributed by atoms with E-state index in [1.807, 2.05) is 6.92 Å². The normalized spacial score (nSPS) is 21.0. The highest BCUT2D eigenvalue weighted by molar-refractivity contribution is 6.11. The molecule has 3 rings (SSSR count). The van der Waals surface area contributed by atoms with E-state index >= 15 is 0 Å². The summed E-state index contributed by atoms with van der Waals surface area (Å²) in [6.45, 7) is 7.49. The van der Waals surface area contributed by atoms with E-state index in [1.54, 1.807) is 11.8 Å². The number of amides is 1. The van der Waals surface area contributed by atoms with Gasteiger partial charge in [0.15, 0.2) is 5.84 Å². The maximum absolute atomic E-state index is 14.1. The molecule has 1 N–H and O–H groups in total. The number of pyridine rings is 2. The van der Waals surface area contributed by atoms with E-state index in [0.717, 1.165) is 24.5 Å². The number of aromatic nitrogens is 2. The number of ether oxygens (including phenoxy) is 1. The molecule has 0 saturated carbocycles. The van der Waals surface area contributed by atoms with Crippen molar-refractivity contribution < 1.29 is 27.1 Å². The maximum atomic E-state index is 14.1. The number of aliphatic imine (C=N–C) groups is 2. The molecule has 8 nitrogen and oxygen atoms in total. The third-order valence-electron chi connectivity index (χ3n) is 5.50. The molecule has 0 radical (unpaired) electrons. The predicted molar refractivity (Wildman–Crippen MR) is 128 cm³/mol. The standard InChI is InChI=1S/C24H26F4N6O2/c1-5-8-30-22(29-4)18-9-17(25)11-33-21(18)23(35)34-13-14(2)36-15(3)19(34)12-32-20-7-6-16(10-31-20)24(26,27)28/h5-11,14-15,19H,1,12-13H2,2-4H3,(H,31,32). The minimum atomic E-state index is -4.49. The summed E-state index contributed by atoms with van der Waals surface area (Å²) in [6, 6.07) is 2.74. The number of morpholine rings is 1. The monoisotopic (exact) mass is 506 g/mol. The third kappa shape index (κ3) is 6.30. The molecule has 3 atom stereocenters. The lowest BCUT2D eigenvalue weighted by Crippen LogP contribution is -2.58. The number of hydrogen-bond acceptors (Lipinski definition) is 6. The molecule has 1 aliphatic heterocycles. The highest BCUT2D eigenvalue weighted by Gasteiger charge is 2.38. The van der Waals surface area contributed by atoms with Gasteiger partial charge >= 0.3 is 6.18 Å². The number of carbonyl (C=O) groups is 1. The third-order valence-corrected chi connectivity index (χ3v) is 5.50. The number of nitrogens with one attached hydrogen (secondary N) is 1. The number of carbonyl (C=O) groups excluding carboxylic acids is 1. The second kappa shape index (κ2) is 11.4. The molecule has 0 aliphatic carbocycles. The highest BCUT2D eigenvalue weighted by atomic mass is 19.4. The number of alkyl halides is 3. The summed E-state index contributed by atoms with van der Waals surface area (Å²) in [5.41, 5.74) is -0.795. The van der Waals surface area contributed by atoms with Crippen LogP contribution in [0.25, 0.3) is 0 Å². The summed E-state index contributed by atoms with van der Waals surface area (Å²) < 4.78 is 58.4. The van der Waals surface area contributed by atoms with Crippen LogP contribution in [0.5, 0.6) is 0 Å². The van der Waals surface area contributed by atoms with Crippen molar-refractivity contribution in [1.29, 1.82) is 0 Å². The van der Waals surface area contributed by atoms with Gasteiger partial charge in [0.2, 0.25) is 0 Å². The molecule has 0 spiro atoms. The SMILES string of the molecule is C=CC=NC(=NC)c1cc(F)cnc1C(=O)N1CC(C)OC(C)C1CNc1ccc(C(F)(F)F)cn1. The van der Waals surface area contributed by atoms with Gasteiger partial charge in [-0.1, -0.05) is 12.7 Å². The zero-order valence-corrected chi connectivity index (χ0v) is 20.0. The zero-order valence-electron chi connectivity index (χ0n) is 20.0. The number of nitrogens with zero attached hydrogens (tertiary/aromatic N) is 5.